The van der Waals surface area contributed by atoms with Crippen molar-refractivity contribution in [2.24, 2.45) is 0 Å². The Labute approximate surface area is 174 Å². The van der Waals surface area contributed by atoms with Gasteiger partial charge >= 0.3 is 0 Å². The van der Waals surface area contributed by atoms with Crippen LogP contribution < -0.4 is 5.32 Å². The minimum absolute atomic E-state index is 0.0314. The number of aryl methyl sites for hydroxylation is 1. The van der Waals surface area contributed by atoms with Gasteiger partial charge in [-0.05, 0) is 55.0 Å². The van der Waals surface area contributed by atoms with Crippen molar-refractivity contribution in [1.82, 2.24) is 9.62 Å². The Kier molecular flexibility index (Phi) is 6.15. The second-order valence-electron chi connectivity index (χ2n) is 8.76. The van der Waals surface area contributed by atoms with Crippen molar-refractivity contribution in [3.63, 3.8) is 0 Å². The predicted molar refractivity (Wildman–Crippen MR) is 116 cm³/mol. The van der Waals surface area contributed by atoms with Gasteiger partial charge in [-0.15, -0.1) is 0 Å². The fourth-order valence-electron chi connectivity index (χ4n) is 3.61. The first-order valence-electron chi connectivity index (χ1n) is 10.1. The van der Waals surface area contributed by atoms with E-state index in [-0.39, 0.29) is 17.4 Å². The third kappa shape index (κ3) is 4.87. The van der Waals surface area contributed by atoms with Crippen LogP contribution in [0.5, 0.6) is 0 Å². The maximum absolute atomic E-state index is 13.0. The molecule has 0 unspecified atom stereocenters. The minimum atomic E-state index is -3.56. The molecule has 156 valence electrons. The molecule has 6 heteroatoms. The molecule has 5 nitrogen and oxygen atoms in total. The molecule has 29 heavy (non-hydrogen) atoms. The summed E-state index contributed by atoms with van der Waals surface area (Å²) in [6, 6.07) is 14.3. The van der Waals surface area contributed by atoms with Gasteiger partial charge in [-0.1, -0.05) is 50.6 Å². The van der Waals surface area contributed by atoms with Crippen molar-refractivity contribution >= 4 is 15.9 Å². The van der Waals surface area contributed by atoms with Gasteiger partial charge in [0.1, 0.15) is 0 Å². The van der Waals surface area contributed by atoms with Crippen molar-refractivity contribution in [1.29, 1.82) is 0 Å². The Morgan fingerprint density at radius 1 is 1.07 bits per heavy atom. The Morgan fingerprint density at radius 3 is 2.28 bits per heavy atom. The zero-order valence-electron chi connectivity index (χ0n) is 17.6. The molecule has 3 rings (SSSR count). The Hall–Kier alpha value is -2.18. The van der Waals surface area contributed by atoms with Gasteiger partial charge in [0, 0.05) is 24.7 Å². The van der Waals surface area contributed by atoms with Gasteiger partial charge in [0.25, 0.3) is 5.91 Å². The highest BCUT2D eigenvalue weighted by molar-refractivity contribution is 7.89. The van der Waals surface area contributed by atoms with Crippen LogP contribution in [-0.4, -0.2) is 37.8 Å². The van der Waals surface area contributed by atoms with E-state index < -0.39 is 10.0 Å². The molecule has 1 atom stereocenters. The van der Waals surface area contributed by atoms with Crippen molar-refractivity contribution in [2.75, 3.05) is 13.1 Å². The molecule has 0 saturated carbocycles. The van der Waals surface area contributed by atoms with Gasteiger partial charge in [-0.25, -0.2) is 8.42 Å². The molecule has 0 aliphatic carbocycles. The summed E-state index contributed by atoms with van der Waals surface area (Å²) in [5, 5.41) is 2.92. The number of carbonyl (C=O) groups is 1. The highest BCUT2D eigenvalue weighted by Crippen LogP contribution is 2.26. The van der Waals surface area contributed by atoms with Crippen molar-refractivity contribution in [3.8, 4) is 0 Å². The number of benzene rings is 2. The normalized spacial score (nSPS) is 18.0. The van der Waals surface area contributed by atoms with Gasteiger partial charge in [0.05, 0.1) is 4.90 Å². The Morgan fingerprint density at radius 2 is 1.69 bits per heavy atom. The topological polar surface area (TPSA) is 66.5 Å². The highest BCUT2D eigenvalue weighted by atomic mass is 32.2. The van der Waals surface area contributed by atoms with Crippen LogP contribution in [0.1, 0.15) is 55.1 Å². The van der Waals surface area contributed by atoms with Crippen molar-refractivity contribution < 1.29 is 13.2 Å². The number of rotatable bonds is 5. The summed E-state index contributed by atoms with van der Waals surface area (Å²) in [7, 11) is -3.56. The monoisotopic (exact) mass is 414 g/mol. The maximum atomic E-state index is 13.0. The zero-order valence-corrected chi connectivity index (χ0v) is 18.4. The molecule has 2 aromatic rings. The molecule has 2 aromatic carbocycles. The maximum Gasteiger partial charge on any atom is 0.251 e. The lowest BCUT2D eigenvalue weighted by molar-refractivity contribution is 0.0946. The van der Waals surface area contributed by atoms with Crippen LogP contribution in [0.3, 0.4) is 0 Å². The van der Waals surface area contributed by atoms with E-state index in [1.807, 2.05) is 31.2 Å². The second kappa shape index (κ2) is 8.28. The predicted octanol–water partition coefficient (Wildman–Crippen LogP) is 3.88. The van der Waals surface area contributed by atoms with Crippen LogP contribution in [0.25, 0.3) is 0 Å². The van der Waals surface area contributed by atoms with Gasteiger partial charge in [0.15, 0.2) is 0 Å². The quantitative estimate of drug-likeness (QED) is 0.807. The van der Waals surface area contributed by atoms with Crippen LogP contribution in [0.2, 0.25) is 0 Å². The minimum Gasteiger partial charge on any atom is -0.350 e. The van der Waals surface area contributed by atoms with Gasteiger partial charge in [-0.3, -0.25) is 4.79 Å². The third-order valence-corrected chi connectivity index (χ3v) is 7.43. The number of carbonyl (C=O) groups excluding carboxylic acids is 1. The first-order chi connectivity index (χ1) is 13.6. The van der Waals surface area contributed by atoms with Gasteiger partial charge in [0.2, 0.25) is 10.0 Å². The number of amides is 1. The van der Waals surface area contributed by atoms with E-state index in [1.165, 1.54) is 9.87 Å². The van der Waals surface area contributed by atoms with E-state index in [9.17, 15) is 13.2 Å². The fourth-order valence-corrected chi connectivity index (χ4v) is 5.30. The average molecular weight is 415 g/mol. The summed E-state index contributed by atoms with van der Waals surface area (Å²) >= 11 is 0. The van der Waals surface area contributed by atoms with Crippen LogP contribution in [-0.2, 0) is 15.4 Å². The Balaban J connectivity index is 1.66. The van der Waals surface area contributed by atoms with E-state index in [2.05, 4.69) is 26.1 Å². The van der Waals surface area contributed by atoms with Gasteiger partial charge < -0.3 is 5.32 Å². The Bertz CT molecular complexity index is 959. The first kappa shape index (κ1) is 21.5. The lowest BCUT2D eigenvalue weighted by Crippen LogP contribution is -2.43. The van der Waals surface area contributed by atoms with E-state index in [4.69, 9.17) is 0 Å². The lowest BCUT2D eigenvalue weighted by atomic mass is 9.87. The van der Waals surface area contributed by atoms with Crippen LogP contribution in [0.4, 0.5) is 0 Å². The summed E-state index contributed by atoms with van der Waals surface area (Å²) in [5.41, 5.74) is 2.81. The summed E-state index contributed by atoms with van der Waals surface area (Å²) in [6.07, 6.45) is 1.54. The molecule has 1 fully saturated rings. The number of nitrogens with zero attached hydrogens (tertiary/aromatic N) is 1. The average Bonchev–Trinajstić information content (AvgIpc) is 3.15. The molecule has 0 aromatic heterocycles. The smallest absolute Gasteiger partial charge is 0.251 e. The molecule has 0 radical (unpaired) electrons. The molecule has 1 N–H and O–H groups in total. The largest absolute Gasteiger partial charge is 0.350 e. The molecule has 1 aliphatic heterocycles. The summed E-state index contributed by atoms with van der Waals surface area (Å²) in [5.74, 6) is -0.176. The molecule has 1 amide bonds. The summed E-state index contributed by atoms with van der Waals surface area (Å²) in [4.78, 5) is 12.9. The number of nitrogens with one attached hydrogen (secondary N) is 1. The molecular weight excluding hydrogens is 384 g/mol. The van der Waals surface area contributed by atoms with Gasteiger partial charge in [-0.2, -0.15) is 4.31 Å². The zero-order chi connectivity index (χ0) is 21.2. The number of sulfonamides is 1. The van der Waals surface area contributed by atoms with E-state index in [1.54, 1.807) is 24.3 Å². The molecule has 0 bridgehead atoms. The van der Waals surface area contributed by atoms with E-state index in [0.717, 1.165) is 18.4 Å². The number of hydrogen-bond acceptors (Lipinski definition) is 3. The van der Waals surface area contributed by atoms with Crippen LogP contribution >= 0.6 is 0 Å². The fraction of sp³-hybridized carbons (Fsp3) is 0.435. The second-order valence-corrected chi connectivity index (χ2v) is 10.7. The number of hydrogen-bond donors (Lipinski definition) is 1. The molecule has 0 spiro atoms. The highest BCUT2D eigenvalue weighted by Gasteiger charge is 2.35. The third-order valence-electron chi connectivity index (χ3n) is 5.46. The SMILES string of the molecule is Cc1ccc(S(=O)(=O)N2CCC[C@@H]2CNC(=O)c2ccc(C(C)(C)C)cc2)cc1. The van der Waals surface area contributed by atoms with Crippen molar-refractivity contribution in [3.05, 3.63) is 65.2 Å². The molecular formula is C23H30N2O3S. The summed E-state index contributed by atoms with van der Waals surface area (Å²) < 4.78 is 27.6. The standard InChI is InChI=1S/C23H30N2O3S/c1-17-7-13-21(14-8-17)29(27,28)25-15-5-6-20(25)16-24-22(26)18-9-11-19(12-10-18)23(2,3)4/h7-14,20H,5-6,15-16H2,1-4H3,(H,24,26)/t20-/m1/s1. The van der Waals surface area contributed by atoms with Crippen LogP contribution in [0.15, 0.2) is 53.4 Å². The molecule has 1 heterocycles. The summed E-state index contributed by atoms with van der Waals surface area (Å²) in [6.45, 7) is 9.11. The van der Waals surface area contributed by atoms with Crippen molar-refractivity contribution in [2.45, 2.75) is 56.9 Å². The van der Waals surface area contributed by atoms with E-state index >= 15 is 0 Å². The van der Waals surface area contributed by atoms with E-state index in [0.29, 0.717) is 23.5 Å². The lowest BCUT2D eigenvalue weighted by Gasteiger charge is -2.24. The first-order valence-corrected chi connectivity index (χ1v) is 11.5. The van der Waals surface area contributed by atoms with Crippen LogP contribution in [0, 0.1) is 6.92 Å². The molecule has 1 aliphatic rings. The molecule has 1 saturated heterocycles.